The summed E-state index contributed by atoms with van der Waals surface area (Å²) in [6, 6.07) is 12.6. The van der Waals surface area contributed by atoms with Crippen LogP contribution in [0, 0.1) is 10.1 Å². The molecule has 0 saturated carbocycles. The SMILES string of the molecule is O=C(OCCNC(=O)c1ccc([N+](=O)[O-])cc1Cl)c1ccc(NC(=O)c2ccco2)cc1. The number of hydrogen-bond acceptors (Lipinski definition) is 7. The van der Waals surface area contributed by atoms with Gasteiger partial charge in [-0.3, -0.25) is 19.7 Å². The number of ether oxygens (including phenoxy) is 1. The first-order chi connectivity index (χ1) is 15.3. The van der Waals surface area contributed by atoms with Crippen molar-refractivity contribution in [1.82, 2.24) is 5.32 Å². The Balaban J connectivity index is 1.45. The fraction of sp³-hybridized carbons (Fsp3) is 0.0952. The highest BCUT2D eigenvalue weighted by Gasteiger charge is 2.15. The normalized spacial score (nSPS) is 10.3. The molecule has 0 fully saturated rings. The van der Waals surface area contributed by atoms with Crippen LogP contribution in [0.15, 0.2) is 65.3 Å². The average Bonchev–Trinajstić information content (AvgIpc) is 3.32. The molecular formula is C21H16ClN3O7. The molecule has 1 aromatic heterocycles. The van der Waals surface area contributed by atoms with Crippen molar-refractivity contribution in [2.45, 2.75) is 0 Å². The summed E-state index contributed by atoms with van der Waals surface area (Å²) < 4.78 is 10.1. The number of amides is 2. The number of nitro groups is 1. The van der Waals surface area contributed by atoms with Gasteiger partial charge in [0.2, 0.25) is 0 Å². The van der Waals surface area contributed by atoms with Gasteiger partial charge in [-0.05, 0) is 42.5 Å². The smallest absolute Gasteiger partial charge is 0.338 e. The fourth-order valence-electron chi connectivity index (χ4n) is 2.58. The van der Waals surface area contributed by atoms with Crippen LogP contribution >= 0.6 is 11.6 Å². The minimum absolute atomic E-state index is 0.00910. The third-order valence-electron chi connectivity index (χ3n) is 4.15. The number of halogens is 1. The Morgan fingerprint density at radius 1 is 1.06 bits per heavy atom. The summed E-state index contributed by atoms with van der Waals surface area (Å²) in [6.07, 6.45) is 1.39. The molecule has 0 unspecified atom stereocenters. The highest BCUT2D eigenvalue weighted by Crippen LogP contribution is 2.22. The third kappa shape index (κ3) is 5.70. The van der Waals surface area contributed by atoms with E-state index < -0.39 is 22.7 Å². The lowest BCUT2D eigenvalue weighted by atomic mass is 10.2. The quantitative estimate of drug-likeness (QED) is 0.227. The van der Waals surface area contributed by atoms with E-state index in [0.29, 0.717) is 5.69 Å². The zero-order valence-corrected chi connectivity index (χ0v) is 17.1. The molecule has 0 aliphatic heterocycles. The van der Waals surface area contributed by atoms with Crippen molar-refractivity contribution in [3.63, 3.8) is 0 Å². The summed E-state index contributed by atoms with van der Waals surface area (Å²) in [6.45, 7) is -0.0959. The number of benzene rings is 2. The van der Waals surface area contributed by atoms with Crippen LogP contribution < -0.4 is 10.6 Å². The summed E-state index contributed by atoms with van der Waals surface area (Å²) in [5.74, 6) is -1.44. The van der Waals surface area contributed by atoms with Gasteiger partial charge in [-0.25, -0.2) is 4.79 Å². The molecule has 3 aromatic rings. The second-order valence-corrected chi connectivity index (χ2v) is 6.73. The molecule has 0 spiro atoms. The maximum absolute atomic E-state index is 12.1. The number of hydrogen-bond donors (Lipinski definition) is 2. The first-order valence-electron chi connectivity index (χ1n) is 9.19. The molecule has 0 bridgehead atoms. The number of nitrogens with zero attached hydrogens (tertiary/aromatic N) is 1. The van der Waals surface area contributed by atoms with Gasteiger partial charge in [0.15, 0.2) is 5.76 Å². The number of rotatable bonds is 8. The molecule has 10 nitrogen and oxygen atoms in total. The summed E-state index contributed by atoms with van der Waals surface area (Å²) in [7, 11) is 0. The molecule has 1 heterocycles. The standard InChI is InChI=1S/C21H16ClN3O7/c22-17-12-15(25(29)30)7-8-16(17)19(26)23-9-11-32-21(28)13-3-5-14(6-4-13)24-20(27)18-2-1-10-31-18/h1-8,10,12H,9,11H2,(H,23,26)(H,24,27). The molecule has 0 aliphatic rings. The number of carbonyl (C=O) groups is 3. The summed E-state index contributed by atoms with van der Waals surface area (Å²) in [5, 5.41) is 15.8. The van der Waals surface area contributed by atoms with Crippen molar-refractivity contribution in [1.29, 1.82) is 0 Å². The number of nitrogens with one attached hydrogen (secondary N) is 2. The maximum Gasteiger partial charge on any atom is 0.338 e. The minimum atomic E-state index is -0.618. The van der Waals surface area contributed by atoms with Gasteiger partial charge in [0.05, 0.1) is 33.9 Å². The molecule has 0 saturated heterocycles. The molecule has 2 amide bonds. The lowest BCUT2D eigenvalue weighted by molar-refractivity contribution is -0.384. The summed E-state index contributed by atoms with van der Waals surface area (Å²) >= 11 is 5.90. The van der Waals surface area contributed by atoms with Crippen LogP contribution in [0.4, 0.5) is 11.4 Å². The van der Waals surface area contributed by atoms with Crippen molar-refractivity contribution in [3.8, 4) is 0 Å². The van der Waals surface area contributed by atoms with Gasteiger partial charge >= 0.3 is 5.97 Å². The number of furan rings is 1. The van der Waals surface area contributed by atoms with E-state index in [1.165, 1.54) is 48.7 Å². The van der Waals surface area contributed by atoms with Gasteiger partial charge in [0.25, 0.3) is 17.5 Å². The zero-order chi connectivity index (χ0) is 23.1. The Morgan fingerprint density at radius 3 is 2.44 bits per heavy atom. The number of nitro benzene ring substituents is 1. The van der Waals surface area contributed by atoms with Crippen molar-refractivity contribution < 1.29 is 28.5 Å². The summed E-state index contributed by atoms with van der Waals surface area (Å²) in [5.41, 5.74) is 0.559. The highest BCUT2D eigenvalue weighted by atomic mass is 35.5. The van der Waals surface area contributed by atoms with Crippen molar-refractivity contribution in [2.75, 3.05) is 18.5 Å². The molecule has 3 rings (SSSR count). The first-order valence-corrected chi connectivity index (χ1v) is 9.57. The Morgan fingerprint density at radius 2 is 1.81 bits per heavy atom. The minimum Gasteiger partial charge on any atom is -0.460 e. The molecular weight excluding hydrogens is 442 g/mol. The first kappa shape index (κ1) is 22.5. The van der Waals surface area contributed by atoms with Gasteiger partial charge in [-0.2, -0.15) is 0 Å². The molecule has 0 radical (unpaired) electrons. The molecule has 164 valence electrons. The topological polar surface area (TPSA) is 141 Å². The second-order valence-electron chi connectivity index (χ2n) is 6.32. The largest absolute Gasteiger partial charge is 0.460 e. The Hall–Kier alpha value is -4.18. The van der Waals surface area contributed by atoms with E-state index in [1.807, 2.05) is 0 Å². The number of esters is 1. The van der Waals surface area contributed by atoms with Crippen LogP contribution in [0.1, 0.15) is 31.3 Å². The van der Waals surface area contributed by atoms with Gasteiger partial charge in [0, 0.05) is 17.8 Å². The van der Waals surface area contributed by atoms with E-state index >= 15 is 0 Å². The third-order valence-corrected chi connectivity index (χ3v) is 4.47. The Kier molecular flexibility index (Phi) is 7.19. The highest BCUT2D eigenvalue weighted by molar-refractivity contribution is 6.34. The van der Waals surface area contributed by atoms with Gasteiger partial charge in [0.1, 0.15) is 6.61 Å². The fourth-order valence-corrected chi connectivity index (χ4v) is 2.84. The van der Waals surface area contributed by atoms with Gasteiger partial charge < -0.3 is 19.8 Å². The Labute approximate surface area is 186 Å². The van der Waals surface area contributed by atoms with Crippen LogP contribution in [-0.2, 0) is 4.74 Å². The maximum atomic E-state index is 12.1. The van der Waals surface area contributed by atoms with E-state index in [1.54, 1.807) is 6.07 Å². The number of anilines is 1. The average molecular weight is 458 g/mol. The molecule has 0 atom stereocenters. The van der Waals surface area contributed by atoms with Crippen molar-refractivity contribution >= 4 is 40.8 Å². The van der Waals surface area contributed by atoms with Crippen LogP contribution in [0.5, 0.6) is 0 Å². The number of non-ortho nitro benzene ring substituents is 1. The van der Waals surface area contributed by atoms with E-state index in [0.717, 1.165) is 6.07 Å². The zero-order valence-electron chi connectivity index (χ0n) is 16.4. The van der Waals surface area contributed by atoms with Crippen molar-refractivity contribution in [2.24, 2.45) is 0 Å². The lowest BCUT2D eigenvalue weighted by Gasteiger charge is -2.08. The Bertz CT molecular complexity index is 1140. The van der Waals surface area contributed by atoms with Crippen molar-refractivity contribution in [3.05, 3.63) is 92.9 Å². The van der Waals surface area contributed by atoms with Crippen LogP contribution in [0.2, 0.25) is 5.02 Å². The van der Waals surface area contributed by atoms with Gasteiger partial charge in [-0.1, -0.05) is 11.6 Å². The molecule has 0 aliphatic carbocycles. The second kappa shape index (κ2) is 10.2. The van der Waals surface area contributed by atoms with E-state index in [4.69, 9.17) is 20.8 Å². The molecule has 2 aromatic carbocycles. The molecule has 11 heteroatoms. The summed E-state index contributed by atoms with van der Waals surface area (Å²) in [4.78, 5) is 46.3. The molecule has 32 heavy (non-hydrogen) atoms. The predicted octanol–water partition coefficient (Wildman–Crippen LogP) is 3.68. The monoisotopic (exact) mass is 457 g/mol. The van der Waals surface area contributed by atoms with Gasteiger partial charge in [-0.15, -0.1) is 0 Å². The molecule has 2 N–H and O–H groups in total. The predicted molar refractivity (Wildman–Crippen MR) is 114 cm³/mol. The van der Waals surface area contributed by atoms with Crippen LogP contribution in [-0.4, -0.2) is 35.9 Å². The lowest BCUT2D eigenvalue weighted by Crippen LogP contribution is -2.28. The van der Waals surface area contributed by atoms with E-state index in [2.05, 4.69) is 10.6 Å². The van der Waals surface area contributed by atoms with E-state index in [-0.39, 0.29) is 40.7 Å². The van der Waals surface area contributed by atoms with Crippen LogP contribution in [0.3, 0.4) is 0 Å². The van der Waals surface area contributed by atoms with E-state index in [9.17, 15) is 24.5 Å². The van der Waals surface area contributed by atoms with Crippen LogP contribution in [0.25, 0.3) is 0 Å². The number of carbonyl (C=O) groups excluding carboxylic acids is 3.